The van der Waals surface area contributed by atoms with Crippen molar-refractivity contribution in [1.29, 1.82) is 0 Å². The molecule has 1 heterocycles. The minimum Gasteiger partial charge on any atom is -0.496 e. The van der Waals surface area contributed by atoms with Crippen molar-refractivity contribution in [3.63, 3.8) is 0 Å². The summed E-state index contributed by atoms with van der Waals surface area (Å²) < 4.78 is 5.30. The van der Waals surface area contributed by atoms with Crippen LogP contribution in [0.2, 0.25) is 0 Å². The number of aromatic amines is 1. The topological polar surface area (TPSA) is 78.5 Å². The summed E-state index contributed by atoms with van der Waals surface area (Å²) in [6.07, 6.45) is 1.64. The third kappa shape index (κ3) is 2.85. The van der Waals surface area contributed by atoms with Gasteiger partial charge in [-0.25, -0.2) is 4.98 Å². The monoisotopic (exact) mass is 274 g/mol. The van der Waals surface area contributed by atoms with Crippen LogP contribution in [-0.2, 0) is 0 Å². The van der Waals surface area contributed by atoms with Crippen molar-refractivity contribution in [3.05, 3.63) is 58.3 Å². The number of nitrogens with zero attached hydrogens (tertiary/aromatic N) is 1. The minimum absolute atomic E-state index is 0.00856. The van der Waals surface area contributed by atoms with Gasteiger partial charge in [-0.1, -0.05) is 18.2 Å². The van der Waals surface area contributed by atoms with E-state index in [9.17, 15) is 10.1 Å². The van der Waals surface area contributed by atoms with Gasteiger partial charge in [-0.2, -0.15) is 0 Å². The molecule has 20 heavy (non-hydrogen) atoms. The predicted octanol–water partition coefficient (Wildman–Crippen LogP) is 2.59. The van der Waals surface area contributed by atoms with Crippen molar-refractivity contribution in [1.82, 2.24) is 0 Å². The van der Waals surface area contributed by atoms with Crippen molar-refractivity contribution in [2.24, 2.45) is 0 Å². The van der Waals surface area contributed by atoms with Crippen LogP contribution in [0.4, 0.5) is 11.5 Å². The minimum atomic E-state index is -0.423. The highest BCUT2D eigenvalue weighted by Gasteiger charge is 2.23. The molecule has 0 aliphatic carbocycles. The largest absolute Gasteiger partial charge is 0.496 e. The van der Waals surface area contributed by atoms with Gasteiger partial charge in [0.25, 0.3) is 0 Å². The zero-order chi connectivity index (χ0) is 14.5. The van der Waals surface area contributed by atoms with Gasteiger partial charge in [0.2, 0.25) is 0 Å². The molecule has 2 N–H and O–H groups in total. The summed E-state index contributed by atoms with van der Waals surface area (Å²) in [5.74, 6) is 1.11. The van der Waals surface area contributed by atoms with Crippen LogP contribution in [0, 0.1) is 10.1 Å². The molecular weight excluding hydrogens is 258 g/mol. The van der Waals surface area contributed by atoms with Gasteiger partial charge in [-0.15, -0.1) is 0 Å². The van der Waals surface area contributed by atoms with E-state index in [0.717, 1.165) is 11.3 Å². The van der Waals surface area contributed by atoms with Crippen molar-refractivity contribution in [2.45, 2.75) is 13.0 Å². The van der Waals surface area contributed by atoms with Crippen LogP contribution in [0.5, 0.6) is 5.75 Å². The maximum absolute atomic E-state index is 11.0. The Kier molecular flexibility index (Phi) is 4.14. The number of hydrogen-bond acceptors (Lipinski definition) is 4. The molecule has 0 spiro atoms. The Balaban J connectivity index is 2.28. The van der Waals surface area contributed by atoms with Crippen LogP contribution >= 0.6 is 0 Å². The molecule has 0 saturated heterocycles. The van der Waals surface area contributed by atoms with E-state index in [4.69, 9.17) is 4.74 Å². The lowest BCUT2D eigenvalue weighted by Crippen LogP contribution is -2.18. The van der Waals surface area contributed by atoms with Crippen LogP contribution in [0.25, 0.3) is 0 Å². The van der Waals surface area contributed by atoms with Crippen molar-refractivity contribution >= 4 is 11.5 Å². The molecule has 0 saturated carbocycles. The van der Waals surface area contributed by atoms with E-state index in [1.807, 2.05) is 31.2 Å². The Morgan fingerprint density at radius 3 is 2.75 bits per heavy atom. The molecule has 0 bridgehead atoms. The number of benzene rings is 1. The molecule has 6 nitrogen and oxygen atoms in total. The maximum atomic E-state index is 11.0. The van der Waals surface area contributed by atoms with Gasteiger partial charge in [0.05, 0.1) is 18.2 Å². The Labute approximate surface area is 116 Å². The summed E-state index contributed by atoms with van der Waals surface area (Å²) in [4.78, 5) is 13.4. The fourth-order valence-corrected chi connectivity index (χ4v) is 2.01. The van der Waals surface area contributed by atoms with E-state index in [-0.39, 0.29) is 11.7 Å². The number of anilines is 1. The second-order valence-corrected chi connectivity index (χ2v) is 4.30. The molecule has 0 aliphatic heterocycles. The molecule has 0 aliphatic rings. The van der Waals surface area contributed by atoms with E-state index in [0.29, 0.717) is 5.82 Å². The molecule has 0 unspecified atom stereocenters. The summed E-state index contributed by atoms with van der Waals surface area (Å²) in [5.41, 5.74) is 0.941. The third-order valence-electron chi connectivity index (χ3n) is 3.00. The summed E-state index contributed by atoms with van der Waals surface area (Å²) in [6, 6.07) is 10.5. The Morgan fingerprint density at radius 2 is 2.05 bits per heavy atom. The number of nitro groups is 1. The predicted molar refractivity (Wildman–Crippen MR) is 74.7 cm³/mol. The Bertz CT molecular complexity index is 616. The van der Waals surface area contributed by atoms with Crippen molar-refractivity contribution in [2.75, 3.05) is 12.4 Å². The maximum Gasteiger partial charge on any atom is 0.357 e. The van der Waals surface area contributed by atoms with Gasteiger partial charge >= 0.3 is 11.5 Å². The van der Waals surface area contributed by atoms with Crippen LogP contribution in [-0.4, -0.2) is 12.0 Å². The molecule has 0 fully saturated rings. The van der Waals surface area contributed by atoms with Crippen molar-refractivity contribution in [3.8, 4) is 5.75 Å². The molecule has 1 atom stereocenters. The Hall–Kier alpha value is -2.63. The third-order valence-corrected chi connectivity index (χ3v) is 3.00. The van der Waals surface area contributed by atoms with E-state index in [1.54, 1.807) is 19.4 Å². The summed E-state index contributed by atoms with van der Waals surface area (Å²) >= 11 is 0. The van der Waals surface area contributed by atoms with Gasteiger partial charge in [-0.3, -0.25) is 15.4 Å². The van der Waals surface area contributed by atoms with Crippen molar-refractivity contribution < 1.29 is 14.6 Å². The molecule has 0 amide bonds. The zero-order valence-electron chi connectivity index (χ0n) is 11.3. The average Bonchev–Trinajstić information content (AvgIpc) is 2.47. The first-order valence-electron chi connectivity index (χ1n) is 6.18. The van der Waals surface area contributed by atoms with E-state index < -0.39 is 4.92 Å². The first-order valence-corrected chi connectivity index (χ1v) is 6.18. The Morgan fingerprint density at radius 1 is 1.30 bits per heavy atom. The van der Waals surface area contributed by atoms with Gasteiger partial charge in [0.1, 0.15) is 11.8 Å². The molecule has 2 rings (SSSR count). The normalized spacial score (nSPS) is 11.7. The molecule has 2 aromatic rings. The molecular formula is C14H16N3O3+. The first-order chi connectivity index (χ1) is 9.63. The van der Waals surface area contributed by atoms with Crippen LogP contribution in [0.3, 0.4) is 0 Å². The lowest BCUT2D eigenvalue weighted by Gasteiger charge is -2.13. The number of pyridine rings is 1. The highest BCUT2D eigenvalue weighted by molar-refractivity contribution is 5.53. The lowest BCUT2D eigenvalue weighted by atomic mass is 10.1. The number of rotatable bonds is 5. The highest BCUT2D eigenvalue weighted by Crippen LogP contribution is 2.28. The number of nitrogens with one attached hydrogen (secondary N) is 2. The molecule has 1 aromatic heterocycles. The van der Waals surface area contributed by atoms with E-state index in [1.165, 1.54) is 6.07 Å². The number of H-pyrrole nitrogens is 1. The van der Waals surface area contributed by atoms with E-state index in [2.05, 4.69) is 10.3 Å². The highest BCUT2D eigenvalue weighted by atomic mass is 16.6. The number of para-hydroxylation sites is 1. The summed E-state index contributed by atoms with van der Waals surface area (Å²) in [7, 11) is 1.60. The van der Waals surface area contributed by atoms with Gasteiger partial charge in [0.15, 0.2) is 0 Å². The second-order valence-electron chi connectivity index (χ2n) is 4.30. The summed E-state index contributed by atoms with van der Waals surface area (Å²) in [6.45, 7) is 1.92. The van der Waals surface area contributed by atoms with Gasteiger partial charge < -0.3 is 4.74 Å². The number of hydrogen-bond donors (Lipinski definition) is 1. The smallest absolute Gasteiger partial charge is 0.357 e. The molecule has 0 radical (unpaired) electrons. The van der Waals surface area contributed by atoms with Crippen LogP contribution in [0.1, 0.15) is 18.5 Å². The average molecular weight is 274 g/mol. The zero-order valence-corrected chi connectivity index (χ0v) is 11.3. The van der Waals surface area contributed by atoms with Crippen LogP contribution in [0.15, 0.2) is 42.6 Å². The lowest BCUT2D eigenvalue weighted by molar-refractivity contribution is -0.409. The number of ether oxygens (including phenoxy) is 1. The molecule has 6 heteroatoms. The van der Waals surface area contributed by atoms with Gasteiger partial charge in [0, 0.05) is 11.6 Å². The molecule has 1 aromatic carbocycles. The fraction of sp³-hybridized carbons (Fsp3) is 0.214. The SMILES string of the molecule is COc1ccccc1[C@H](C)Nc1[nH+]cccc1[N+](=O)[O-]. The second kappa shape index (κ2) is 6.01. The summed E-state index contributed by atoms with van der Waals surface area (Å²) in [5, 5.41) is 14.1. The van der Waals surface area contributed by atoms with Gasteiger partial charge in [-0.05, 0) is 19.1 Å². The van der Waals surface area contributed by atoms with E-state index >= 15 is 0 Å². The first kappa shape index (κ1) is 13.8. The standard InChI is InChI=1S/C14H15N3O3/c1-10(11-6-3-4-8-13(11)20-2)16-14-12(17(18)19)7-5-9-15-14/h3-10H,1-2H3,(H,15,16)/p+1/t10-/m0/s1. The van der Waals surface area contributed by atoms with Crippen LogP contribution < -0.4 is 15.0 Å². The quantitative estimate of drug-likeness (QED) is 0.671. The number of aromatic nitrogens is 1. The number of methoxy groups -OCH3 is 1. The molecule has 104 valence electrons. The fourth-order valence-electron chi connectivity index (χ4n) is 2.01.